The van der Waals surface area contributed by atoms with Crippen LogP contribution >= 0.6 is 22.9 Å². The molecular weight excluding hydrogens is 450 g/mol. The van der Waals surface area contributed by atoms with Gasteiger partial charge >= 0.3 is 6.03 Å². The molecule has 0 saturated carbocycles. The molecule has 4 rings (SSSR count). The van der Waals surface area contributed by atoms with Gasteiger partial charge < -0.3 is 15.0 Å². The van der Waals surface area contributed by atoms with Crippen molar-refractivity contribution in [2.45, 2.75) is 19.0 Å². The zero-order chi connectivity index (χ0) is 22.7. The Balaban J connectivity index is 1.59. The van der Waals surface area contributed by atoms with Gasteiger partial charge in [-0.25, -0.2) is 9.69 Å². The van der Waals surface area contributed by atoms with E-state index in [4.69, 9.17) is 16.3 Å². The zero-order valence-corrected chi connectivity index (χ0v) is 18.7. The standard InChI is InChI=1S/C23H20ClN3O4S/c1-31-18-5-2-4-17(12-18)27-22(29)20(26(23(27)30)14-19-6-3-11-32-19)13-21(28)25-16-9-7-15(24)8-10-16/h2-12,20H,13-14H2,1H3,(H,25,28). The average molecular weight is 470 g/mol. The minimum Gasteiger partial charge on any atom is -0.497 e. The van der Waals surface area contributed by atoms with Gasteiger partial charge in [-0.05, 0) is 47.8 Å². The van der Waals surface area contributed by atoms with Crippen LogP contribution in [0.25, 0.3) is 0 Å². The second-order valence-electron chi connectivity index (χ2n) is 7.14. The first-order valence-electron chi connectivity index (χ1n) is 9.82. The number of thiophene rings is 1. The molecule has 1 aliphatic heterocycles. The Bertz CT molecular complexity index is 1130. The minimum absolute atomic E-state index is 0.168. The Morgan fingerprint density at radius 2 is 1.91 bits per heavy atom. The highest BCUT2D eigenvalue weighted by Crippen LogP contribution is 2.31. The number of imide groups is 1. The van der Waals surface area contributed by atoms with E-state index in [1.54, 1.807) is 48.5 Å². The molecule has 2 heterocycles. The van der Waals surface area contributed by atoms with Crippen LogP contribution in [-0.4, -0.2) is 35.9 Å². The molecule has 0 spiro atoms. The van der Waals surface area contributed by atoms with E-state index in [0.29, 0.717) is 22.1 Å². The van der Waals surface area contributed by atoms with Crippen LogP contribution in [0.4, 0.5) is 16.2 Å². The largest absolute Gasteiger partial charge is 0.497 e. The van der Waals surface area contributed by atoms with Gasteiger partial charge in [0.05, 0.1) is 25.8 Å². The lowest BCUT2D eigenvalue weighted by Crippen LogP contribution is -2.37. The van der Waals surface area contributed by atoms with Crippen LogP contribution in [0, 0.1) is 0 Å². The molecule has 0 aliphatic carbocycles. The SMILES string of the molecule is COc1cccc(N2C(=O)C(CC(=O)Nc3ccc(Cl)cc3)N(Cc3cccs3)C2=O)c1. The molecular formula is C23H20ClN3O4S. The number of anilines is 2. The molecule has 1 atom stereocenters. The van der Waals surface area contributed by atoms with E-state index in [9.17, 15) is 14.4 Å². The highest BCUT2D eigenvalue weighted by Gasteiger charge is 2.46. The fourth-order valence-corrected chi connectivity index (χ4v) is 4.32. The normalized spacial score (nSPS) is 15.9. The number of carbonyl (C=O) groups is 3. The number of amides is 4. The van der Waals surface area contributed by atoms with E-state index >= 15 is 0 Å². The summed E-state index contributed by atoms with van der Waals surface area (Å²) in [7, 11) is 1.51. The number of benzene rings is 2. The number of ether oxygens (including phenoxy) is 1. The highest BCUT2D eigenvalue weighted by molar-refractivity contribution is 7.09. The maximum absolute atomic E-state index is 13.3. The number of nitrogens with zero attached hydrogens (tertiary/aromatic N) is 2. The summed E-state index contributed by atoms with van der Waals surface area (Å²) < 4.78 is 5.23. The smallest absolute Gasteiger partial charge is 0.332 e. The van der Waals surface area contributed by atoms with Gasteiger partial charge in [0.2, 0.25) is 5.91 Å². The van der Waals surface area contributed by atoms with Crippen LogP contribution in [0.15, 0.2) is 66.0 Å². The first-order chi connectivity index (χ1) is 15.5. The van der Waals surface area contributed by atoms with E-state index in [0.717, 1.165) is 9.78 Å². The topological polar surface area (TPSA) is 79.0 Å². The van der Waals surface area contributed by atoms with Crippen molar-refractivity contribution in [1.82, 2.24) is 4.90 Å². The fourth-order valence-electron chi connectivity index (χ4n) is 3.49. The predicted molar refractivity (Wildman–Crippen MR) is 124 cm³/mol. The molecule has 1 unspecified atom stereocenters. The van der Waals surface area contributed by atoms with Crippen molar-refractivity contribution in [1.29, 1.82) is 0 Å². The Morgan fingerprint density at radius 1 is 1.12 bits per heavy atom. The highest BCUT2D eigenvalue weighted by atomic mass is 35.5. The maximum atomic E-state index is 13.3. The molecule has 1 aromatic heterocycles. The second-order valence-corrected chi connectivity index (χ2v) is 8.61. The molecule has 1 aliphatic rings. The molecule has 32 heavy (non-hydrogen) atoms. The quantitative estimate of drug-likeness (QED) is 0.505. The van der Waals surface area contributed by atoms with Gasteiger partial charge in [-0.2, -0.15) is 0 Å². The molecule has 0 bridgehead atoms. The number of carbonyl (C=O) groups excluding carboxylic acids is 3. The second kappa shape index (κ2) is 9.42. The maximum Gasteiger partial charge on any atom is 0.332 e. The lowest BCUT2D eigenvalue weighted by atomic mass is 10.1. The van der Waals surface area contributed by atoms with Crippen LogP contribution in [0.5, 0.6) is 5.75 Å². The number of methoxy groups -OCH3 is 1. The van der Waals surface area contributed by atoms with Gasteiger partial charge in [0, 0.05) is 21.7 Å². The van der Waals surface area contributed by atoms with Crippen molar-refractivity contribution < 1.29 is 19.1 Å². The van der Waals surface area contributed by atoms with Gasteiger partial charge in [-0.15, -0.1) is 11.3 Å². The molecule has 4 amide bonds. The van der Waals surface area contributed by atoms with E-state index in [-0.39, 0.29) is 18.9 Å². The van der Waals surface area contributed by atoms with Crippen LogP contribution in [0.2, 0.25) is 5.02 Å². The minimum atomic E-state index is -0.928. The van der Waals surface area contributed by atoms with E-state index in [2.05, 4.69) is 5.32 Å². The number of hydrogen-bond donors (Lipinski definition) is 1. The number of nitrogens with one attached hydrogen (secondary N) is 1. The van der Waals surface area contributed by atoms with Gasteiger partial charge in [0.25, 0.3) is 5.91 Å². The summed E-state index contributed by atoms with van der Waals surface area (Å²) in [5, 5.41) is 5.21. The number of hydrogen-bond acceptors (Lipinski definition) is 5. The third kappa shape index (κ3) is 4.61. The molecule has 1 fully saturated rings. The van der Waals surface area contributed by atoms with E-state index in [1.165, 1.54) is 23.3 Å². The Kier molecular flexibility index (Phi) is 6.43. The third-order valence-electron chi connectivity index (χ3n) is 5.04. The lowest BCUT2D eigenvalue weighted by molar-refractivity contribution is -0.124. The molecule has 0 radical (unpaired) electrons. The monoisotopic (exact) mass is 469 g/mol. The van der Waals surface area contributed by atoms with Gasteiger partial charge in [0.1, 0.15) is 11.8 Å². The van der Waals surface area contributed by atoms with Crippen molar-refractivity contribution >= 4 is 52.2 Å². The average Bonchev–Trinajstić information content (AvgIpc) is 3.38. The lowest BCUT2D eigenvalue weighted by Gasteiger charge is -2.21. The van der Waals surface area contributed by atoms with Crippen LogP contribution in [0.1, 0.15) is 11.3 Å². The van der Waals surface area contributed by atoms with Crippen molar-refractivity contribution in [3.8, 4) is 5.75 Å². The summed E-state index contributed by atoms with van der Waals surface area (Å²) in [5.74, 6) is -0.301. The van der Waals surface area contributed by atoms with Gasteiger partial charge in [-0.3, -0.25) is 9.59 Å². The third-order valence-corrected chi connectivity index (χ3v) is 6.16. The Morgan fingerprint density at radius 3 is 2.59 bits per heavy atom. The van der Waals surface area contributed by atoms with Crippen LogP contribution in [-0.2, 0) is 16.1 Å². The summed E-state index contributed by atoms with van der Waals surface area (Å²) in [6.07, 6.45) is -0.168. The van der Waals surface area contributed by atoms with Crippen molar-refractivity contribution in [2.24, 2.45) is 0 Å². The first-order valence-corrected chi connectivity index (χ1v) is 11.1. The molecule has 164 valence electrons. The first kappa shape index (κ1) is 21.9. The summed E-state index contributed by atoms with van der Waals surface area (Å²) in [5.41, 5.74) is 0.960. The molecule has 3 aromatic rings. The van der Waals surface area contributed by atoms with Gasteiger partial charge in [-0.1, -0.05) is 23.7 Å². The molecule has 1 saturated heterocycles. The molecule has 9 heteroatoms. The fraction of sp³-hybridized carbons (Fsp3) is 0.174. The van der Waals surface area contributed by atoms with Gasteiger partial charge in [0.15, 0.2) is 0 Å². The summed E-state index contributed by atoms with van der Waals surface area (Å²) in [4.78, 5) is 42.8. The van der Waals surface area contributed by atoms with Crippen LogP contribution in [0.3, 0.4) is 0 Å². The zero-order valence-electron chi connectivity index (χ0n) is 17.2. The number of urea groups is 1. The van der Waals surface area contributed by atoms with Crippen molar-refractivity contribution in [3.63, 3.8) is 0 Å². The summed E-state index contributed by atoms with van der Waals surface area (Å²) >= 11 is 7.37. The Hall–Kier alpha value is -3.36. The van der Waals surface area contributed by atoms with Crippen molar-refractivity contribution in [3.05, 3.63) is 75.9 Å². The molecule has 7 nitrogen and oxygen atoms in total. The predicted octanol–water partition coefficient (Wildman–Crippen LogP) is 4.78. The molecule has 2 aromatic carbocycles. The molecule has 1 N–H and O–H groups in total. The van der Waals surface area contributed by atoms with E-state index < -0.39 is 18.0 Å². The van der Waals surface area contributed by atoms with Crippen LogP contribution < -0.4 is 15.0 Å². The van der Waals surface area contributed by atoms with Crippen molar-refractivity contribution in [2.75, 3.05) is 17.3 Å². The number of rotatable bonds is 7. The van der Waals surface area contributed by atoms with E-state index in [1.807, 2.05) is 17.5 Å². The summed E-state index contributed by atoms with van der Waals surface area (Å²) in [6, 6.07) is 15.8. The number of halogens is 1. The summed E-state index contributed by atoms with van der Waals surface area (Å²) in [6.45, 7) is 0.238. The Labute approximate surface area is 194 Å².